The molecule has 0 unspecified atom stereocenters. The first kappa shape index (κ1) is 8.91. The van der Waals surface area contributed by atoms with E-state index in [9.17, 15) is 0 Å². The highest BCUT2D eigenvalue weighted by Gasteiger charge is 1.52. The van der Waals surface area contributed by atoms with Gasteiger partial charge in [0.1, 0.15) is 5.88 Å². The van der Waals surface area contributed by atoms with Gasteiger partial charge in [0.2, 0.25) is 0 Å². The van der Waals surface area contributed by atoms with E-state index in [4.69, 9.17) is 16.9 Å². The molecule has 0 aromatic heterocycles. The molecule has 0 spiro atoms. The summed E-state index contributed by atoms with van der Waals surface area (Å²) in [6.07, 6.45) is 0. The molecular weight excluding hydrogens is 109 g/mol. The number of nitrogens with zero attached hydrogens (tertiary/aromatic N) is 1. The van der Waals surface area contributed by atoms with Crippen molar-refractivity contribution in [2.75, 3.05) is 5.88 Å². The topological polar surface area (TPSA) is 23.8 Å². The van der Waals surface area contributed by atoms with Gasteiger partial charge in [-0.15, -0.1) is 24.0 Å². The number of hydrogen-bond donors (Lipinski definition) is 0. The van der Waals surface area contributed by atoms with E-state index in [0.29, 0.717) is 0 Å². The van der Waals surface area contributed by atoms with E-state index in [1.165, 1.54) is 0 Å². The maximum Gasteiger partial charge on any atom is 0.109 e. The summed E-state index contributed by atoms with van der Waals surface area (Å²) in [5, 5.41) is 7.49. The molecule has 30 valence electrons. The highest BCUT2D eigenvalue weighted by Crippen LogP contribution is 1.61. The molecule has 0 aliphatic rings. The summed E-state index contributed by atoms with van der Waals surface area (Å²) in [7, 11) is 0. The summed E-state index contributed by atoms with van der Waals surface area (Å²) in [6, 6.07) is 1.70. The van der Waals surface area contributed by atoms with Crippen LogP contribution in [0.15, 0.2) is 0 Å². The molecule has 0 amide bonds. The first-order valence-corrected chi connectivity index (χ1v) is 1.38. The van der Waals surface area contributed by atoms with Crippen molar-refractivity contribution in [2.45, 2.75) is 0 Å². The van der Waals surface area contributed by atoms with Gasteiger partial charge < -0.3 is 0 Å². The number of halogens is 2. The fourth-order valence-electron chi connectivity index (χ4n) is 0. The van der Waals surface area contributed by atoms with Crippen LogP contribution in [0.2, 0.25) is 0 Å². The zero-order chi connectivity index (χ0) is 3.41. The van der Waals surface area contributed by atoms with Gasteiger partial charge in [-0.1, -0.05) is 0 Å². The van der Waals surface area contributed by atoms with Crippen LogP contribution < -0.4 is 0 Å². The van der Waals surface area contributed by atoms with Crippen molar-refractivity contribution in [1.82, 2.24) is 0 Å². The molecule has 0 atom stereocenters. The highest BCUT2D eigenvalue weighted by atomic mass is 35.5. The fraction of sp³-hybridized carbons (Fsp3) is 0.500. The Bertz CT molecular complexity index is 37.4. The summed E-state index contributed by atoms with van der Waals surface area (Å²) in [5.74, 6) is 0.0972. The largest absolute Gasteiger partial charge is 0.197 e. The molecule has 3 heteroatoms. The van der Waals surface area contributed by atoms with Gasteiger partial charge in [-0.25, -0.2) is 0 Å². The van der Waals surface area contributed by atoms with Gasteiger partial charge in [0, 0.05) is 0 Å². The van der Waals surface area contributed by atoms with Gasteiger partial charge >= 0.3 is 0 Å². The maximum atomic E-state index is 7.49. The second-order valence-electron chi connectivity index (χ2n) is 0.292. The zero-order valence-electron chi connectivity index (χ0n) is 2.44. The molecule has 0 aliphatic heterocycles. The normalized spacial score (nSPS) is 4.00. The van der Waals surface area contributed by atoms with Crippen LogP contribution in [-0.2, 0) is 0 Å². The van der Waals surface area contributed by atoms with Gasteiger partial charge in [-0.2, -0.15) is 5.26 Å². The summed E-state index contributed by atoms with van der Waals surface area (Å²) in [5.41, 5.74) is 0. The predicted octanol–water partition coefficient (Wildman–Crippen LogP) is 1.17. The monoisotopic (exact) mass is 111 g/mol. The van der Waals surface area contributed by atoms with Crippen LogP contribution in [-0.4, -0.2) is 5.88 Å². The van der Waals surface area contributed by atoms with E-state index in [1.807, 2.05) is 0 Å². The molecule has 0 saturated carbocycles. The molecule has 5 heavy (non-hydrogen) atoms. The van der Waals surface area contributed by atoms with Crippen molar-refractivity contribution in [3.63, 3.8) is 0 Å². The number of nitriles is 1. The Labute approximate surface area is 42.0 Å². The van der Waals surface area contributed by atoms with Crippen molar-refractivity contribution < 1.29 is 0 Å². The SMILES string of the molecule is Cl.N#CCCl. The molecular formula is C2H3Cl2N. The molecule has 0 heterocycles. The van der Waals surface area contributed by atoms with Crippen molar-refractivity contribution in [2.24, 2.45) is 0 Å². The number of rotatable bonds is 0. The van der Waals surface area contributed by atoms with Crippen LogP contribution in [0.3, 0.4) is 0 Å². The summed E-state index contributed by atoms with van der Waals surface area (Å²) >= 11 is 4.82. The lowest BCUT2D eigenvalue weighted by Crippen LogP contribution is -1.47. The molecule has 0 saturated heterocycles. The Hall–Kier alpha value is 0.0700. The van der Waals surface area contributed by atoms with Gasteiger partial charge in [0.05, 0.1) is 6.07 Å². The van der Waals surface area contributed by atoms with Crippen LogP contribution in [0, 0.1) is 11.3 Å². The van der Waals surface area contributed by atoms with E-state index in [0.717, 1.165) is 0 Å². The molecule has 0 rings (SSSR count). The molecule has 0 bridgehead atoms. The Morgan fingerprint density at radius 2 is 2.00 bits per heavy atom. The third kappa shape index (κ3) is 15.2. The van der Waals surface area contributed by atoms with E-state index in [1.54, 1.807) is 6.07 Å². The third-order valence-corrected chi connectivity index (χ3v) is 0.179. The standard InChI is InChI=1S/C2H2ClN.ClH/c3-1-2-4;/h1H2;1H. The molecule has 0 radical (unpaired) electrons. The predicted molar refractivity (Wildman–Crippen MR) is 23.6 cm³/mol. The molecule has 0 fully saturated rings. The third-order valence-electron chi connectivity index (χ3n) is 0.0598. The van der Waals surface area contributed by atoms with Crippen molar-refractivity contribution in [3.8, 4) is 6.07 Å². The first-order chi connectivity index (χ1) is 1.91. The van der Waals surface area contributed by atoms with E-state index >= 15 is 0 Å². The number of alkyl halides is 1. The van der Waals surface area contributed by atoms with Crippen LogP contribution in [0.4, 0.5) is 0 Å². The Balaban J connectivity index is 0. The van der Waals surface area contributed by atoms with Crippen LogP contribution in [0.1, 0.15) is 0 Å². The quantitative estimate of drug-likeness (QED) is 0.431. The first-order valence-electron chi connectivity index (χ1n) is 0.844. The summed E-state index contributed by atoms with van der Waals surface area (Å²) < 4.78 is 0. The van der Waals surface area contributed by atoms with Crippen molar-refractivity contribution in [1.29, 1.82) is 5.26 Å². The number of hydrogen-bond acceptors (Lipinski definition) is 1. The minimum absolute atomic E-state index is 0. The second kappa shape index (κ2) is 8.95. The maximum absolute atomic E-state index is 7.49. The van der Waals surface area contributed by atoms with Gasteiger partial charge in [0.25, 0.3) is 0 Å². The minimum Gasteiger partial charge on any atom is -0.197 e. The average molecular weight is 112 g/mol. The van der Waals surface area contributed by atoms with Gasteiger partial charge in [-0.05, 0) is 0 Å². The minimum atomic E-state index is 0. The van der Waals surface area contributed by atoms with Crippen molar-refractivity contribution >= 4 is 24.0 Å². The molecule has 1 nitrogen and oxygen atoms in total. The van der Waals surface area contributed by atoms with E-state index in [-0.39, 0.29) is 18.3 Å². The lowest BCUT2D eigenvalue weighted by Gasteiger charge is -1.44. The molecule has 0 aliphatic carbocycles. The highest BCUT2D eigenvalue weighted by molar-refractivity contribution is 6.19. The Morgan fingerprint density at radius 1 is 1.80 bits per heavy atom. The smallest absolute Gasteiger partial charge is 0.109 e. The lowest BCUT2D eigenvalue weighted by atomic mass is 10.9. The van der Waals surface area contributed by atoms with E-state index < -0.39 is 0 Å². The fourth-order valence-corrected chi connectivity index (χ4v) is 0. The molecule has 0 N–H and O–H groups in total. The Kier molecular flexibility index (Phi) is 16.0. The van der Waals surface area contributed by atoms with Crippen LogP contribution >= 0.6 is 24.0 Å². The molecule has 0 aromatic carbocycles. The van der Waals surface area contributed by atoms with Gasteiger partial charge in [0.15, 0.2) is 0 Å². The second-order valence-corrected chi connectivity index (χ2v) is 0.559. The van der Waals surface area contributed by atoms with Gasteiger partial charge in [-0.3, -0.25) is 0 Å². The van der Waals surface area contributed by atoms with Crippen molar-refractivity contribution in [3.05, 3.63) is 0 Å². The lowest BCUT2D eigenvalue weighted by molar-refractivity contribution is 1.49. The average Bonchev–Trinajstić information content (AvgIpc) is 1.37. The van der Waals surface area contributed by atoms with E-state index in [2.05, 4.69) is 0 Å². The zero-order valence-corrected chi connectivity index (χ0v) is 4.01. The summed E-state index contributed by atoms with van der Waals surface area (Å²) in [6.45, 7) is 0. The Morgan fingerprint density at radius 3 is 2.00 bits per heavy atom. The summed E-state index contributed by atoms with van der Waals surface area (Å²) in [4.78, 5) is 0. The van der Waals surface area contributed by atoms with Crippen LogP contribution in [0.5, 0.6) is 0 Å². The van der Waals surface area contributed by atoms with Crippen LogP contribution in [0.25, 0.3) is 0 Å². The molecule has 0 aromatic rings.